The Morgan fingerprint density at radius 1 is 0.971 bits per heavy atom. The van der Waals surface area contributed by atoms with Crippen molar-refractivity contribution in [2.24, 2.45) is 10.9 Å². The first-order chi connectivity index (χ1) is 16.9. The molecule has 0 aromatic heterocycles. The van der Waals surface area contributed by atoms with Crippen LogP contribution in [0.4, 0.5) is 0 Å². The van der Waals surface area contributed by atoms with Gasteiger partial charge in [0.15, 0.2) is 5.84 Å². The highest BCUT2D eigenvalue weighted by atomic mass is 32.2. The number of fused-ring (bicyclic) bond motifs is 1. The molecule has 4 N–H and O–H groups in total. The standard InChI is InChI=1S/C26H30N4O4S/c27-25(28-32)21-11-9-19(10-12-21)17-24(26(31)30-15-5-1-2-6-16-30)29-35(33,34)23-14-13-20-7-3-4-8-22(20)18-23/h3-4,7-14,18,24,29,32H,1-2,5-6,15-17H2,(H2,27,28)/t24-/m0/s1. The number of nitrogens with two attached hydrogens (primary N) is 1. The highest BCUT2D eigenvalue weighted by Gasteiger charge is 2.30. The molecule has 0 saturated carbocycles. The largest absolute Gasteiger partial charge is 0.409 e. The summed E-state index contributed by atoms with van der Waals surface area (Å²) in [5, 5.41) is 13.6. The van der Waals surface area contributed by atoms with Crippen LogP contribution in [0.15, 0.2) is 76.8 Å². The molecule has 0 bridgehead atoms. The summed E-state index contributed by atoms with van der Waals surface area (Å²) in [5.41, 5.74) is 6.93. The summed E-state index contributed by atoms with van der Waals surface area (Å²) in [6.07, 6.45) is 4.12. The summed E-state index contributed by atoms with van der Waals surface area (Å²) in [6.45, 7) is 1.24. The van der Waals surface area contributed by atoms with Crippen LogP contribution in [-0.2, 0) is 21.2 Å². The molecule has 1 saturated heterocycles. The van der Waals surface area contributed by atoms with Crippen LogP contribution in [0.1, 0.15) is 36.8 Å². The van der Waals surface area contributed by atoms with E-state index in [4.69, 9.17) is 10.9 Å². The number of hydrogen-bond acceptors (Lipinski definition) is 5. The van der Waals surface area contributed by atoms with Gasteiger partial charge in [-0.1, -0.05) is 72.6 Å². The van der Waals surface area contributed by atoms with Crippen molar-refractivity contribution >= 4 is 32.5 Å². The molecule has 35 heavy (non-hydrogen) atoms. The third kappa shape index (κ3) is 5.98. The van der Waals surface area contributed by atoms with E-state index in [9.17, 15) is 13.2 Å². The zero-order valence-corrected chi connectivity index (χ0v) is 20.2. The molecule has 4 rings (SSSR count). The van der Waals surface area contributed by atoms with Crippen molar-refractivity contribution in [1.82, 2.24) is 9.62 Å². The Labute approximate surface area is 205 Å². The highest BCUT2D eigenvalue weighted by molar-refractivity contribution is 7.89. The summed E-state index contributed by atoms with van der Waals surface area (Å²) < 4.78 is 29.4. The van der Waals surface area contributed by atoms with E-state index in [1.807, 2.05) is 24.3 Å². The lowest BCUT2D eigenvalue weighted by Gasteiger charge is -2.27. The van der Waals surface area contributed by atoms with E-state index < -0.39 is 16.1 Å². The zero-order valence-electron chi connectivity index (χ0n) is 19.4. The number of sulfonamides is 1. The molecule has 0 spiro atoms. The van der Waals surface area contributed by atoms with E-state index in [1.54, 1.807) is 47.4 Å². The average molecular weight is 495 g/mol. The number of carbonyl (C=O) groups is 1. The molecule has 1 heterocycles. The number of nitrogens with one attached hydrogen (secondary N) is 1. The third-order valence-corrected chi connectivity index (χ3v) is 7.81. The average Bonchev–Trinajstić information content (AvgIpc) is 3.17. The molecule has 1 aliphatic rings. The number of amidine groups is 1. The van der Waals surface area contributed by atoms with Crippen LogP contribution in [0.2, 0.25) is 0 Å². The van der Waals surface area contributed by atoms with Crippen LogP contribution in [0.3, 0.4) is 0 Å². The van der Waals surface area contributed by atoms with E-state index in [1.165, 1.54) is 0 Å². The number of amides is 1. The maximum absolute atomic E-state index is 13.5. The Bertz CT molecular complexity index is 1310. The van der Waals surface area contributed by atoms with Gasteiger partial charge in [0.25, 0.3) is 0 Å². The lowest BCUT2D eigenvalue weighted by molar-refractivity contribution is -0.132. The fraction of sp³-hybridized carbons (Fsp3) is 0.308. The van der Waals surface area contributed by atoms with Crippen molar-refractivity contribution < 1.29 is 18.4 Å². The number of oxime groups is 1. The van der Waals surface area contributed by atoms with E-state index >= 15 is 0 Å². The van der Waals surface area contributed by atoms with Gasteiger partial charge in [-0.2, -0.15) is 4.72 Å². The molecular formula is C26H30N4O4S. The molecule has 184 valence electrons. The van der Waals surface area contributed by atoms with Gasteiger partial charge in [0.1, 0.15) is 6.04 Å². The summed E-state index contributed by atoms with van der Waals surface area (Å²) in [6, 6.07) is 18.4. The van der Waals surface area contributed by atoms with E-state index in [0.29, 0.717) is 18.7 Å². The highest BCUT2D eigenvalue weighted by Crippen LogP contribution is 2.20. The normalized spacial score (nSPS) is 16.1. The maximum atomic E-state index is 13.5. The van der Waals surface area contributed by atoms with E-state index in [2.05, 4.69) is 9.88 Å². The van der Waals surface area contributed by atoms with Gasteiger partial charge in [-0.15, -0.1) is 0 Å². The van der Waals surface area contributed by atoms with Crippen LogP contribution < -0.4 is 10.5 Å². The molecule has 1 fully saturated rings. The van der Waals surface area contributed by atoms with Gasteiger partial charge in [0.2, 0.25) is 15.9 Å². The summed E-state index contributed by atoms with van der Waals surface area (Å²) in [7, 11) is -3.96. The molecule has 9 heteroatoms. The monoisotopic (exact) mass is 494 g/mol. The smallest absolute Gasteiger partial charge is 0.241 e. The van der Waals surface area contributed by atoms with Crippen LogP contribution in [-0.4, -0.2) is 49.4 Å². The number of nitrogens with zero attached hydrogens (tertiary/aromatic N) is 2. The molecule has 1 amide bonds. The first-order valence-corrected chi connectivity index (χ1v) is 13.2. The van der Waals surface area contributed by atoms with Gasteiger partial charge in [0, 0.05) is 18.7 Å². The minimum atomic E-state index is -3.96. The van der Waals surface area contributed by atoms with Gasteiger partial charge in [-0.05, 0) is 47.7 Å². The van der Waals surface area contributed by atoms with Crippen molar-refractivity contribution in [2.45, 2.75) is 43.0 Å². The second-order valence-corrected chi connectivity index (χ2v) is 10.5. The summed E-state index contributed by atoms with van der Waals surface area (Å²) in [5.74, 6) is -0.248. The Morgan fingerprint density at radius 2 is 1.63 bits per heavy atom. The van der Waals surface area contributed by atoms with Crippen LogP contribution >= 0.6 is 0 Å². The van der Waals surface area contributed by atoms with E-state index in [-0.39, 0.29) is 23.1 Å². The SMILES string of the molecule is N/C(=N\O)c1ccc(C[C@H](NS(=O)(=O)c2ccc3ccccc3c2)C(=O)N2CCCCCC2)cc1. The molecule has 0 unspecified atom stereocenters. The Balaban J connectivity index is 1.62. The van der Waals surface area contributed by atoms with Crippen molar-refractivity contribution in [3.63, 3.8) is 0 Å². The van der Waals surface area contributed by atoms with Gasteiger partial charge in [-0.25, -0.2) is 8.42 Å². The van der Waals surface area contributed by atoms with Crippen molar-refractivity contribution in [1.29, 1.82) is 0 Å². The third-order valence-electron chi connectivity index (χ3n) is 6.34. The zero-order chi connectivity index (χ0) is 24.8. The fourth-order valence-corrected chi connectivity index (χ4v) is 5.61. The van der Waals surface area contributed by atoms with Gasteiger partial charge >= 0.3 is 0 Å². The lowest BCUT2D eigenvalue weighted by atomic mass is 10.0. The van der Waals surface area contributed by atoms with Crippen LogP contribution in [0.25, 0.3) is 10.8 Å². The number of benzene rings is 3. The minimum absolute atomic E-state index is 0.0225. The number of hydrogen-bond donors (Lipinski definition) is 3. The Morgan fingerprint density at radius 3 is 2.29 bits per heavy atom. The van der Waals surface area contributed by atoms with Crippen molar-refractivity contribution in [3.8, 4) is 0 Å². The molecule has 3 aromatic carbocycles. The van der Waals surface area contributed by atoms with Gasteiger partial charge in [-0.3, -0.25) is 4.79 Å². The van der Waals surface area contributed by atoms with Crippen molar-refractivity contribution in [2.75, 3.05) is 13.1 Å². The van der Waals surface area contributed by atoms with Gasteiger partial charge < -0.3 is 15.8 Å². The Kier molecular flexibility index (Phi) is 7.67. The molecule has 3 aromatic rings. The lowest BCUT2D eigenvalue weighted by Crippen LogP contribution is -2.49. The fourth-order valence-electron chi connectivity index (χ4n) is 4.39. The molecular weight excluding hydrogens is 464 g/mol. The van der Waals surface area contributed by atoms with E-state index in [0.717, 1.165) is 42.0 Å². The van der Waals surface area contributed by atoms with Crippen LogP contribution in [0.5, 0.6) is 0 Å². The summed E-state index contributed by atoms with van der Waals surface area (Å²) in [4.78, 5) is 15.4. The number of likely N-dealkylation sites (tertiary alicyclic amines) is 1. The second kappa shape index (κ2) is 10.9. The molecule has 0 radical (unpaired) electrons. The molecule has 1 aliphatic heterocycles. The number of carbonyl (C=O) groups excluding carboxylic acids is 1. The predicted octanol–water partition coefficient (Wildman–Crippen LogP) is 3.23. The van der Waals surface area contributed by atoms with Crippen LogP contribution in [0, 0.1) is 0 Å². The number of rotatable bonds is 7. The Hall–Kier alpha value is -3.43. The quantitative estimate of drug-likeness (QED) is 0.201. The first kappa shape index (κ1) is 24.7. The molecule has 8 nitrogen and oxygen atoms in total. The maximum Gasteiger partial charge on any atom is 0.241 e. The summed E-state index contributed by atoms with van der Waals surface area (Å²) >= 11 is 0. The van der Waals surface area contributed by atoms with Crippen molar-refractivity contribution in [3.05, 3.63) is 77.9 Å². The molecule has 0 aliphatic carbocycles. The molecule has 1 atom stereocenters. The predicted molar refractivity (Wildman–Crippen MR) is 136 cm³/mol. The first-order valence-electron chi connectivity index (χ1n) is 11.7. The second-order valence-electron chi connectivity index (χ2n) is 8.81. The minimum Gasteiger partial charge on any atom is -0.409 e. The topological polar surface area (TPSA) is 125 Å². The van der Waals surface area contributed by atoms with Gasteiger partial charge in [0.05, 0.1) is 4.90 Å².